The lowest BCUT2D eigenvalue weighted by Gasteiger charge is -2.49. The zero-order valence-electron chi connectivity index (χ0n) is 16.5. The molecule has 1 saturated carbocycles. The molecule has 9 heteroatoms. The highest BCUT2D eigenvalue weighted by Crippen LogP contribution is 2.47. The lowest BCUT2D eigenvalue weighted by molar-refractivity contribution is -0.470. The number of aliphatic carboxylic acids is 1. The maximum atomic E-state index is 12.1. The van der Waals surface area contributed by atoms with Gasteiger partial charge in [-0.25, -0.2) is 4.79 Å². The summed E-state index contributed by atoms with van der Waals surface area (Å²) < 4.78 is 10.9. The number of hydrogen-bond acceptors (Lipinski definition) is 7. The molecule has 9 nitrogen and oxygen atoms in total. The Hall–Kier alpha value is -2.19. The fourth-order valence-electron chi connectivity index (χ4n) is 3.26. The van der Waals surface area contributed by atoms with Crippen molar-refractivity contribution in [1.82, 2.24) is 0 Å². The van der Waals surface area contributed by atoms with Gasteiger partial charge in [-0.15, -0.1) is 0 Å². The fraction of sp³-hybridized carbons (Fsp3) is 0.833. The van der Waals surface area contributed by atoms with Crippen LogP contribution in [0.4, 0.5) is 0 Å². The van der Waals surface area contributed by atoms with Gasteiger partial charge < -0.3 is 14.6 Å². The molecule has 0 heterocycles. The topological polar surface area (TPSA) is 133 Å². The summed E-state index contributed by atoms with van der Waals surface area (Å²) in [7, 11) is 0. The summed E-state index contributed by atoms with van der Waals surface area (Å²) in [5, 5.41) is 19.3. The third-order valence-corrected chi connectivity index (χ3v) is 5.23. The van der Waals surface area contributed by atoms with Gasteiger partial charge in [0.1, 0.15) is 12.2 Å². The lowest BCUT2D eigenvalue weighted by atomic mass is 9.62. The molecule has 0 aromatic heterocycles. The van der Waals surface area contributed by atoms with E-state index in [1.807, 2.05) is 20.8 Å². The van der Waals surface area contributed by atoms with Crippen LogP contribution in [0.2, 0.25) is 0 Å². The minimum absolute atomic E-state index is 0.0520. The Labute approximate surface area is 158 Å². The zero-order valence-corrected chi connectivity index (χ0v) is 16.5. The SMILES string of the molecule is CC(C)(C)C1CC(OC(=O)CCC(=O)O)C(C)(C)C(OC(=O)C[N+](=O)[O-])C1. The van der Waals surface area contributed by atoms with E-state index in [1.54, 1.807) is 13.8 Å². The van der Waals surface area contributed by atoms with Gasteiger partial charge in [-0.2, -0.15) is 0 Å². The Morgan fingerprint density at radius 2 is 1.56 bits per heavy atom. The van der Waals surface area contributed by atoms with E-state index < -0.39 is 47.0 Å². The predicted octanol–water partition coefficient (Wildman–Crippen LogP) is 2.43. The molecule has 0 saturated heterocycles. The number of esters is 2. The first-order valence-electron chi connectivity index (χ1n) is 8.96. The standard InChI is InChI=1S/C18H29NO8/c1-17(2,3)11-8-12(26-15(22)7-6-14(20)21)18(4,5)13(9-11)27-16(23)10-19(24)25/h11-13H,6-10H2,1-5H3,(H,20,21). The second kappa shape index (κ2) is 8.67. The van der Waals surface area contributed by atoms with Crippen LogP contribution in [0.3, 0.4) is 0 Å². The van der Waals surface area contributed by atoms with Crippen LogP contribution >= 0.6 is 0 Å². The van der Waals surface area contributed by atoms with Crippen molar-refractivity contribution in [2.24, 2.45) is 16.7 Å². The molecule has 1 aliphatic carbocycles. The van der Waals surface area contributed by atoms with Crippen LogP contribution in [0.5, 0.6) is 0 Å². The van der Waals surface area contributed by atoms with Gasteiger partial charge >= 0.3 is 17.9 Å². The van der Waals surface area contributed by atoms with Crippen molar-refractivity contribution in [3.8, 4) is 0 Å². The zero-order chi connectivity index (χ0) is 21.0. The van der Waals surface area contributed by atoms with E-state index in [-0.39, 0.29) is 24.2 Å². The summed E-state index contributed by atoms with van der Waals surface area (Å²) in [6.45, 7) is 8.71. The third kappa shape index (κ3) is 6.80. The monoisotopic (exact) mass is 387 g/mol. The maximum absolute atomic E-state index is 12.1. The molecule has 3 atom stereocenters. The summed E-state index contributed by atoms with van der Waals surface area (Å²) in [5.74, 6) is -2.59. The molecule has 1 N–H and O–H groups in total. The predicted molar refractivity (Wildman–Crippen MR) is 94.5 cm³/mol. The molecule has 0 bridgehead atoms. The van der Waals surface area contributed by atoms with Crippen molar-refractivity contribution in [3.63, 3.8) is 0 Å². The quantitative estimate of drug-likeness (QED) is 0.400. The van der Waals surface area contributed by atoms with Crippen LogP contribution in [-0.4, -0.2) is 46.7 Å². The van der Waals surface area contributed by atoms with Crippen LogP contribution in [0.15, 0.2) is 0 Å². The highest BCUT2D eigenvalue weighted by molar-refractivity contribution is 5.76. The molecular formula is C18H29NO8. The molecule has 27 heavy (non-hydrogen) atoms. The van der Waals surface area contributed by atoms with Crippen LogP contribution in [0.1, 0.15) is 60.3 Å². The van der Waals surface area contributed by atoms with Crippen molar-refractivity contribution in [3.05, 3.63) is 10.1 Å². The average Bonchev–Trinajstić information content (AvgIpc) is 2.47. The summed E-state index contributed by atoms with van der Waals surface area (Å²) in [4.78, 5) is 44.3. The second-order valence-corrected chi connectivity index (χ2v) is 8.70. The number of nitro groups is 1. The van der Waals surface area contributed by atoms with Gasteiger partial charge in [-0.05, 0) is 24.2 Å². The van der Waals surface area contributed by atoms with Crippen molar-refractivity contribution in [2.45, 2.75) is 72.5 Å². The van der Waals surface area contributed by atoms with Crippen molar-refractivity contribution < 1.29 is 33.9 Å². The Kier molecular flexibility index (Phi) is 7.33. The summed E-state index contributed by atoms with van der Waals surface area (Å²) in [6, 6.07) is 0. The van der Waals surface area contributed by atoms with Gasteiger partial charge in [-0.3, -0.25) is 19.7 Å². The van der Waals surface area contributed by atoms with Crippen molar-refractivity contribution in [1.29, 1.82) is 0 Å². The highest BCUT2D eigenvalue weighted by atomic mass is 16.6. The van der Waals surface area contributed by atoms with Crippen LogP contribution in [-0.2, 0) is 23.9 Å². The average molecular weight is 387 g/mol. The van der Waals surface area contributed by atoms with Gasteiger partial charge in [0.05, 0.1) is 12.8 Å². The number of hydrogen-bond donors (Lipinski definition) is 1. The van der Waals surface area contributed by atoms with Crippen LogP contribution in [0.25, 0.3) is 0 Å². The normalized spacial score (nSPS) is 24.7. The molecule has 0 radical (unpaired) electrons. The molecular weight excluding hydrogens is 358 g/mol. The van der Waals surface area contributed by atoms with E-state index >= 15 is 0 Å². The molecule has 0 spiro atoms. The number of ether oxygens (including phenoxy) is 2. The minimum Gasteiger partial charge on any atom is -0.481 e. The first-order chi connectivity index (χ1) is 12.2. The Balaban J connectivity index is 2.98. The number of carboxylic acid groups (broad SMARTS) is 1. The Bertz CT molecular complexity index is 593. The third-order valence-electron chi connectivity index (χ3n) is 5.23. The van der Waals surface area contributed by atoms with Gasteiger partial charge in [0.15, 0.2) is 0 Å². The van der Waals surface area contributed by atoms with E-state index in [0.29, 0.717) is 12.8 Å². The van der Waals surface area contributed by atoms with Crippen LogP contribution in [0, 0.1) is 26.9 Å². The molecule has 1 aliphatic rings. The lowest BCUT2D eigenvalue weighted by Crippen LogP contribution is -2.52. The van der Waals surface area contributed by atoms with Crippen molar-refractivity contribution in [2.75, 3.05) is 6.54 Å². The fourth-order valence-corrected chi connectivity index (χ4v) is 3.26. The molecule has 1 rings (SSSR count). The summed E-state index contributed by atoms with van der Waals surface area (Å²) in [6.07, 6.45) is -0.767. The summed E-state index contributed by atoms with van der Waals surface area (Å²) >= 11 is 0. The van der Waals surface area contributed by atoms with E-state index in [9.17, 15) is 24.5 Å². The molecule has 1 fully saturated rings. The number of carbonyl (C=O) groups excluding carboxylic acids is 2. The number of carboxylic acids is 1. The number of carbonyl (C=O) groups is 3. The van der Waals surface area contributed by atoms with Crippen molar-refractivity contribution >= 4 is 17.9 Å². The van der Waals surface area contributed by atoms with Gasteiger partial charge in [0, 0.05) is 10.3 Å². The van der Waals surface area contributed by atoms with Crippen LogP contribution < -0.4 is 0 Å². The highest BCUT2D eigenvalue weighted by Gasteiger charge is 2.50. The molecule has 0 amide bonds. The number of nitrogens with zero attached hydrogens (tertiary/aromatic N) is 1. The molecule has 0 aliphatic heterocycles. The first-order valence-corrected chi connectivity index (χ1v) is 8.96. The molecule has 0 aromatic carbocycles. The van der Waals surface area contributed by atoms with Gasteiger partial charge in [0.2, 0.25) is 0 Å². The Morgan fingerprint density at radius 1 is 1.07 bits per heavy atom. The van der Waals surface area contributed by atoms with E-state index in [2.05, 4.69) is 0 Å². The minimum atomic E-state index is -1.09. The Morgan fingerprint density at radius 3 is 1.96 bits per heavy atom. The van der Waals surface area contributed by atoms with E-state index in [0.717, 1.165) is 0 Å². The summed E-state index contributed by atoms with van der Waals surface area (Å²) in [5.41, 5.74) is -0.914. The van der Waals surface area contributed by atoms with Gasteiger partial charge in [-0.1, -0.05) is 34.6 Å². The first kappa shape index (κ1) is 22.9. The number of rotatable bonds is 7. The molecule has 154 valence electrons. The molecule has 3 unspecified atom stereocenters. The maximum Gasteiger partial charge on any atom is 0.378 e. The molecule has 0 aromatic rings. The van der Waals surface area contributed by atoms with E-state index in [4.69, 9.17) is 14.6 Å². The second-order valence-electron chi connectivity index (χ2n) is 8.70. The largest absolute Gasteiger partial charge is 0.481 e. The van der Waals surface area contributed by atoms with E-state index in [1.165, 1.54) is 0 Å². The smallest absolute Gasteiger partial charge is 0.378 e. The van der Waals surface area contributed by atoms with Gasteiger partial charge in [0.25, 0.3) is 6.54 Å².